The van der Waals surface area contributed by atoms with Crippen molar-refractivity contribution in [1.29, 1.82) is 0 Å². The first-order valence-electron chi connectivity index (χ1n) is 0. The molecule has 0 aliphatic rings. The van der Waals surface area contributed by atoms with E-state index in [9.17, 15) is 0 Å². The SMILES string of the molecule is [Au].[Ge].[Ge].[Mo].[Ni]. The Labute approximate surface area is 93.6 Å². The van der Waals surface area contributed by atoms with Crippen molar-refractivity contribution in [1.82, 2.24) is 0 Å². The van der Waals surface area contributed by atoms with Gasteiger partial charge in [0.05, 0.1) is 0 Å². The summed E-state index contributed by atoms with van der Waals surface area (Å²) in [6, 6.07) is 0. The van der Waals surface area contributed by atoms with Gasteiger partial charge in [0.25, 0.3) is 0 Å². The van der Waals surface area contributed by atoms with Crippen molar-refractivity contribution in [2.45, 2.75) is 0 Å². The molecular weight excluding hydrogens is 497 g/mol. The van der Waals surface area contributed by atoms with E-state index in [4.69, 9.17) is 0 Å². The Balaban J connectivity index is 0. The van der Waals surface area contributed by atoms with Crippen molar-refractivity contribution >= 4 is 35.2 Å². The first kappa shape index (κ1) is 43.5. The monoisotopic (exact) mass is 501 g/mol. The van der Waals surface area contributed by atoms with E-state index in [0.717, 1.165) is 0 Å². The second-order valence-electron chi connectivity index (χ2n) is 0. The van der Waals surface area contributed by atoms with Crippen LogP contribution in [0.4, 0.5) is 0 Å². The normalized spacial score (nSPS) is 0. The molecule has 0 aliphatic heterocycles. The van der Waals surface area contributed by atoms with Gasteiger partial charge in [0, 0.05) is 95.1 Å². The predicted octanol–water partition coefficient (Wildman–Crippen LogP) is -0.769. The van der Waals surface area contributed by atoms with Gasteiger partial charge in [-0.2, -0.15) is 0 Å². The van der Waals surface area contributed by atoms with Crippen LogP contribution >= 0.6 is 0 Å². The summed E-state index contributed by atoms with van der Waals surface area (Å²) in [5, 5.41) is 0. The maximum atomic E-state index is 0. The molecule has 0 atom stereocenters. The minimum Gasteiger partial charge on any atom is 0 e. The summed E-state index contributed by atoms with van der Waals surface area (Å²) in [7, 11) is 0. The second kappa shape index (κ2) is 28.0. The maximum absolute atomic E-state index is 0. The third-order valence-corrected chi connectivity index (χ3v) is 0. The molecule has 0 unspecified atom stereocenters. The van der Waals surface area contributed by atoms with E-state index < -0.39 is 0 Å². The molecule has 35 valence electrons. The van der Waals surface area contributed by atoms with Crippen molar-refractivity contribution in [2.75, 3.05) is 0 Å². The minimum atomic E-state index is 0. The molecule has 0 heterocycles. The molecule has 0 amide bonds. The van der Waals surface area contributed by atoms with Crippen LogP contribution in [0.25, 0.3) is 0 Å². The third-order valence-electron chi connectivity index (χ3n) is 0. The Kier molecular flexibility index (Phi) is 243. The summed E-state index contributed by atoms with van der Waals surface area (Å²) in [5.74, 6) is 0. The largest absolute Gasteiger partial charge is 0 e. The average molecular weight is 497 g/mol. The van der Waals surface area contributed by atoms with Gasteiger partial charge in [0.15, 0.2) is 0 Å². The van der Waals surface area contributed by atoms with Crippen molar-refractivity contribution in [2.24, 2.45) is 0 Å². The van der Waals surface area contributed by atoms with Crippen molar-refractivity contribution < 1.29 is 59.9 Å². The van der Waals surface area contributed by atoms with Crippen LogP contribution in [0.15, 0.2) is 0 Å². The summed E-state index contributed by atoms with van der Waals surface area (Å²) in [6.07, 6.45) is 0. The van der Waals surface area contributed by atoms with E-state index in [-0.39, 0.29) is 95.1 Å². The molecule has 0 bridgehead atoms. The zero-order valence-corrected chi connectivity index (χ0v) is 11.4. The van der Waals surface area contributed by atoms with Gasteiger partial charge in [-0.15, -0.1) is 0 Å². The van der Waals surface area contributed by atoms with Gasteiger partial charge in [0.1, 0.15) is 0 Å². The van der Waals surface area contributed by atoms with Gasteiger partial charge in [-0.3, -0.25) is 0 Å². The first-order valence-corrected chi connectivity index (χ1v) is 0. The number of rotatable bonds is 0. The topological polar surface area (TPSA) is 0 Å². The van der Waals surface area contributed by atoms with Crippen LogP contribution < -0.4 is 0 Å². The van der Waals surface area contributed by atoms with E-state index in [1.54, 1.807) is 0 Å². The fourth-order valence-electron chi connectivity index (χ4n) is 0. The van der Waals surface area contributed by atoms with Crippen LogP contribution in [0.1, 0.15) is 0 Å². The Morgan fingerprint density at radius 3 is 0.800 bits per heavy atom. The van der Waals surface area contributed by atoms with E-state index >= 15 is 0 Å². The predicted molar refractivity (Wildman–Crippen MR) is 11.5 cm³/mol. The molecule has 0 rings (SSSR count). The van der Waals surface area contributed by atoms with Gasteiger partial charge in [-0.05, 0) is 0 Å². The van der Waals surface area contributed by atoms with Gasteiger partial charge in [-0.1, -0.05) is 0 Å². The Morgan fingerprint density at radius 2 is 0.800 bits per heavy atom. The summed E-state index contributed by atoms with van der Waals surface area (Å²) >= 11 is 0. The molecule has 0 saturated heterocycles. The molecule has 9 radical (unpaired) electrons. The van der Waals surface area contributed by atoms with E-state index in [0.29, 0.717) is 0 Å². The summed E-state index contributed by atoms with van der Waals surface area (Å²) in [5.41, 5.74) is 0. The minimum absolute atomic E-state index is 0. The first-order chi connectivity index (χ1) is 0. The smallest absolute Gasteiger partial charge is 0 e. The quantitative estimate of drug-likeness (QED) is 0.387. The van der Waals surface area contributed by atoms with Crippen LogP contribution in [0.5, 0.6) is 0 Å². The van der Waals surface area contributed by atoms with Crippen LogP contribution in [0, 0.1) is 0 Å². The van der Waals surface area contributed by atoms with Gasteiger partial charge < -0.3 is 0 Å². The molecule has 0 spiro atoms. The molecule has 0 aliphatic carbocycles. The molecule has 0 N–H and O–H groups in total. The fraction of sp³-hybridized carbons (Fsp3) is 0. The number of hydrogen-bond acceptors (Lipinski definition) is 0. The molecule has 0 nitrogen and oxygen atoms in total. The second-order valence-corrected chi connectivity index (χ2v) is 0. The van der Waals surface area contributed by atoms with Gasteiger partial charge >= 0.3 is 0 Å². The van der Waals surface area contributed by atoms with Gasteiger partial charge in [0.2, 0.25) is 0 Å². The van der Waals surface area contributed by atoms with Crippen molar-refractivity contribution in [3.63, 3.8) is 0 Å². The molecule has 0 saturated carbocycles. The molecule has 5 heavy (non-hydrogen) atoms. The van der Waals surface area contributed by atoms with E-state index in [1.807, 2.05) is 0 Å². The standard InChI is InChI=1S/Au.2Ge.Mo.Ni. The summed E-state index contributed by atoms with van der Waals surface area (Å²) in [6.45, 7) is 0. The van der Waals surface area contributed by atoms with Crippen LogP contribution in [0.2, 0.25) is 0 Å². The Morgan fingerprint density at radius 1 is 0.800 bits per heavy atom. The maximum Gasteiger partial charge on any atom is 0 e. The van der Waals surface area contributed by atoms with Crippen LogP contribution in [0.3, 0.4) is 0 Å². The van der Waals surface area contributed by atoms with E-state index in [1.165, 1.54) is 0 Å². The van der Waals surface area contributed by atoms with Crippen LogP contribution in [-0.4, -0.2) is 35.2 Å². The fourth-order valence-corrected chi connectivity index (χ4v) is 0. The van der Waals surface area contributed by atoms with Crippen LogP contribution in [-0.2, 0) is 59.9 Å². The zero-order valence-electron chi connectivity index (χ0n) is 2.03. The summed E-state index contributed by atoms with van der Waals surface area (Å²) in [4.78, 5) is 0. The van der Waals surface area contributed by atoms with Crippen molar-refractivity contribution in [3.8, 4) is 0 Å². The average Bonchev–Trinajstić information content (AvgIpc) is 0. The Hall–Kier alpha value is 3.01. The molecule has 0 aromatic carbocycles. The molecule has 0 aromatic rings. The molecule has 0 fully saturated rings. The van der Waals surface area contributed by atoms with Crippen molar-refractivity contribution in [3.05, 3.63) is 0 Å². The van der Waals surface area contributed by atoms with E-state index in [2.05, 4.69) is 0 Å². The molecule has 0 aromatic heterocycles. The molecule has 5 heteroatoms. The van der Waals surface area contributed by atoms with Gasteiger partial charge in [-0.25, -0.2) is 0 Å². The zero-order chi connectivity index (χ0) is 0. The number of hydrogen-bond donors (Lipinski definition) is 0. The Bertz CT molecular complexity index is 9.61. The summed E-state index contributed by atoms with van der Waals surface area (Å²) < 4.78 is 0. The molecular formula is AuGe2MoNi. The third kappa shape index (κ3) is 19.4.